The van der Waals surface area contributed by atoms with Gasteiger partial charge in [-0.2, -0.15) is 0 Å². The molecule has 0 fully saturated rings. The Balaban J connectivity index is 2.94. The first-order chi connectivity index (χ1) is 6.15. The third-order valence-corrected chi connectivity index (χ3v) is 1.97. The molecule has 0 amide bonds. The third-order valence-electron chi connectivity index (χ3n) is 1.97. The summed E-state index contributed by atoms with van der Waals surface area (Å²) in [5.74, 6) is 0. The Bertz CT molecular complexity index is 297. The summed E-state index contributed by atoms with van der Waals surface area (Å²) in [6.45, 7) is 6.90. The first-order valence-electron chi connectivity index (χ1n) is 4.54. The summed E-state index contributed by atoms with van der Waals surface area (Å²) in [6, 6.07) is 0.444. The van der Waals surface area contributed by atoms with Gasteiger partial charge in [-0.1, -0.05) is 5.57 Å². The van der Waals surface area contributed by atoms with Gasteiger partial charge >= 0.3 is 0 Å². The smallest absolute Gasteiger partial charge is 0.0953 e. The van der Waals surface area contributed by atoms with Crippen LogP contribution in [0.5, 0.6) is 0 Å². The molecule has 1 heterocycles. The van der Waals surface area contributed by atoms with Crippen LogP contribution in [0.4, 0.5) is 0 Å². The molecular weight excluding hydrogens is 162 g/mol. The highest BCUT2D eigenvalue weighted by Gasteiger charge is 2.02. The highest BCUT2D eigenvalue weighted by Crippen LogP contribution is 2.11. The number of nitrogens with zero attached hydrogens (tertiary/aromatic N) is 2. The van der Waals surface area contributed by atoms with Gasteiger partial charge in [0.2, 0.25) is 0 Å². The van der Waals surface area contributed by atoms with E-state index in [1.165, 1.54) is 5.57 Å². The van der Waals surface area contributed by atoms with E-state index < -0.39 is 0 Å². The maximum Gasteiger partial charge on any atom is 0.0953 e. The number of hydrogen-bond donors (Lipinski definition) is 1. The number of imidazole rings is 1. The lowest BCUT2D eigenvalue weighted by Crippen LogP contribution is -2.03. The average molecular weight is 179 g/mol. The largest absolute Gasteiger partial charge is 0.329 e. The second kappa shape index (κ2) is 4.23. The zero-order chi connectivity index (χ0) is 9.84. The van der Waals surface area contributed by atoms with Gasteiger partial charge in [0.25, 0.3) is 0 Å². The Morgan fingerprint density at radius 2 is 2.38 bits per heavy atom. The molecule has 0 aliphatic rings. The van der Waals surface area contributed by atoms with Crippen LogP contribution < -0.4 is 5.73 Å². The van der Waals surface area contributed by atoms with Crippen molar-refractivity contribution in [1.29, 1.82) is 0 Å². The summed E-state index contributed by atoms with van der Waals surface area (Å²) in [5.41, 5.74) is 7.81. The second-order valence-corrected chi connectivity index (χ2v) is 3.51. The first kappa shape index (κ1) is 9.99. The lowest BCUT2D eigenvalue weighted by Gasteiger charge is -2.09. The first-order valence-corrected chi connectivity index (χ1v) is 4.54. The van der Waals surface area contributed by atoms with Gasteiger partial charge in [0.05, 0.1) is 18.2 Å². The number of aromatic nitrogens is 2. The Kier molecular flexibility index (Phi) is 3.25. The normalized spacial score (nSPS) is 12.5. The molecule has 0 aliphatic heterocycles. The number of rotatable bonds is 3. The number of hydrogen-bond acceptors (Lipinski definition) is 2. The lowest BCUT2D eigenvalue weighted by molar-refractivity contribution is 0.595. The molecule has 0 bridgehead atoms. The molecular formula is C10H17N3. The molecule has 0 aromatic carbocycles. The van der Waals surface area contributed by atoms with E-state index in [1.807, 2.05) is 19.4 Å². The van der Waals surface area contributed by atoms with Crippen molar-refractivity contribution in [2.24, 2.45) is 5.73 Å². The predicted octanol–water partition coefficient (Wildman–Crippen LogP) is 1.83. The highest BCUT2D eigenvalue weighted by molar-refractivity contribution is 5.48. The summed E-state index contributed by atoms with van der Waals surface area (Å²) in [6.07, 6.45) is 5.78. The molecule has 0 saturated heterocycles. The molecule has 13 heavy (non-hydrogen) atoms. The molecule has 0 radical (unpaired) electrons. The summed E-state index contributed by atoms with van der Waals surface area (Å²) >= 11 is 0. The van der Waals surface area contributed by atoms with Gasteiger partial charge in [0.15, 0.2) is 0 Å². The van der Waals surface area contributed by atoms with Crippen molar-refractivity contribution in [1.82, 2.24) is 9.55 Å². The van der Waals surface area contributed by atoms with E-state index >= 15 is 0 Å². The van der Waals surface area contributed by atoms with Gasteiger partial charge in [0, 0.05) is 12.6 Å². The van der Waals surface area contributed by atoms with Crippen LogP contribution in [0.3, 0.4) is 0 Å². The van der Waals surface area contributed by atoms with Crippen molar-refractivity contribution in [2.75, 3.05) is 6.54 Å². The van der Waals surface area contributed by atoms with E-state index in [9.17, 15) is 0 Å². The second-order valence-electron chi connectivity index (χ2n) is 3.51. The van der Waals surface area contributed by atoms with Crippen molar-refractivity contribution < 1.29 is 0 Å². The molecule has 1 rings (SSSR count). The van der Waals surface area contributed by atoms with E-state index in [2.05, 4.69) is 29.5 Å². The van der Waals surface area contributed by atoms with E-state index in [0.29, 0.717) is 12.6 Å². The zero-order valence-electron chi connectivity index (χ0n) is 8.49. The van der Waals surface area contributed by atoms with Crippen LogP contribution >= 0.6 is 0 Å². The van der Waals surface area contributed by atoms with E-state index in [4.69, 9.17) is 5.73 Å². The fourth-order valence-corrected chi connectivity index (χ4v) is 1.17. The molecule has 3 heteroatoms. The third kappa shape index (κ3) is 2.42. The van der Waals surface area contributed by atoms with Crippen molar-refractivity contribution in [3.63, 3.8) is 0 Å². The van der Waals surface area contributed by atoms with Crippen molar-refractivity contribution in [3.05, 3.63) is 23.8 Å². The quantitative estimate of drug-likeness (QED) is 0.769. The minimum absolute atomic E-state index is 0.444. The molecule has 2 N–H and O–H groups in total. The molecule has 3 nitrogen and oxygen atoms in total. The summed E-state index contributed by atoms with van der Waals surface area (Å²) in [4.78, 5) is 4.11. The number of nitrogens with two attached hydrogens (primary N) is 1. The van der Waals surface area contributed by atoms with Crippen LogP contribution in [0.15, 0.2) is 18.1 Å². The monoisotopic (exact) mass is 179 g/mol. The van der Waals surface area contributed by atoms with Gasteiger partial charge in [-0.15, -0.1) is 0 Å². The summed E-state index contributed by atoms with van der Waals surface area (Å²) in [7, 11) is 0. The molecule has 1 aromatic heterocycles. The molecule has 0 aliphatic carbocycles. The minimum atomic E-state index is 0.444. The van der Waals surface area contributed by atoms with Gasteiger partial charge < -0.3 is 10.3 Å². The Morgan fingerprint density at radius 1 is 1.69 bits per heavy atom. The van der Waals surface area contributed by atoms with Gasteiger partial charge in [-0.05, 0) is 26.8 Å². The van der Waals surface area contributed by atoms with Crippen LogP contribution in [0.1, 0.15) is 32.5 Å². The van der Waals surface area contributed by atoms with Crippen molar-refractivity contribution >= 4 is 6.08 Å². The standard InChI is InChI=1S/C10H17N3/c1-8(2)13-7-12-6-10(13)4-9(3)5-11/h4,6-8H,5,11H2,1-3H3. The van der Waals surface area contributed by atoms with E-state index in [-0.39, 0.29) is 0 Å². The molecule has 0 spiro atoms. The van der Waals surface area contributed by atoms with Gasteiger partial charge in [0.1, 0.15) is 0 Å². The molecule has 0 saturated carbocycles. The van der Waals surface area contributed by atoms with Gasteiger partial charge in [-0.25, -0.2) is 4.98 Å². The molecule has 72 valence electrons. The van der Waals surface area contributed by atoms with Crippen LogP contribution in [0, 0.1) is 0 Å². The maximum absolute atomic E-state index is 5.52. The summed E-state index contributed by atoms with van der Waals surface area (Å²) < 4.78 is 2.12. The average Bonchev–Trinajstić information content (AvgIpc) is 2.52. The molecule has 1 aromatic rings. The zero-order valence-corrected chi connectivity index (χ0v) is 8.49. The van der Waals surface area contributed by atoms with Crippen LogP contribution in [-0.4, -0.2) is 16.1 Å². The fourth-order valence-electron chi connectivity index (χ4n) is 1.17. The topological polar surface area (TPSA) is 43.8 Å². The van der Waals surface area contributed by atoms with E-state index in [1.54, 1.807) is 0 Å². The SMILES string of the molecule is CC(=Cc1cncn1C(C)C)CN. The van der Waals surface area contributed by atoms with Crippen molar-refractivity contribution in [2.45, 2.75) is 26.8 Å². The van der Waals surface area contributed by atoms with Crippen molar-refractivity contribution in [3.8, 4) is 0 Å². The predicted molar refractivity (Wildman–Crippen MR) is 55.3 cm³/mol. The Hall–Kier alpha value is -1.09. The summed E-state index contributed by atoms with van der Waals surface area (Å²) in [5, 5.41) is 0. The minimum Gasteiger partial charge on any atom is -0.329 e. The van der Waals surface area contributed by atoms with Gasteiger partial charge in [-0.3, -0.25) is 0 Å². The Labute approximate surface area is 79.3 Å². The van der Waals surface area contributed by atoms with E-state index in [0.717, 1.165) is 5.69 Å². The van der Waals surface area contributed by atoms with Crippen LogP contribution in [-0.2, 0) is 0 Å². The lowest BCUT2D eigenvalue weighted by atomic mass is 10.2. The highest BCUT2D eigenvalue weighted by atomic mass is 15.1. The van der Waals surface area contributed by atoms with Crippen LogP contribution in [0.2, 0.25) is 0 Å². The molecule has 0 atom stereocenters. The fraction of sp³-hybridized carbons (Fsp3) is 0.500. The van der Waals surface area contributed by atoms with Crippen LogP contribution in [0.25, 0.3) is 6.08 Å². The Morgan fingerprint density at radius 3 is 2.92 bits per heavy atom. The maximum atomic E-state index is 5.52. The molecule has 0 unspecified atom stereocenters.